The van der Waals surface area contributed by atoms with E-state index in [4.69, 9.17) is 4.42 Å². The summed E-state index contributed by atoms with van der Waals surface area (Å²) in [4.78, 5) is 12.5. The quantitative estimate of drug-likeness (QED) is 0.188. The van der Waals surface area contributed by atoms with Crippen LogP contribution in [0.15, 0.2) is 34.9 Å². The van der Waals surface area contributed by atoms with Gasteiger partial charge in [0, 0.05) is 7.05 Å². The lowest BCUT2D eigenvalue weighted by molar-refractivity contribution is -0.137. The predicted molar refractivity (Wildman–Crippen MR) is 149 cm³/mol. The second-order valence-electron chi connectivity index (χ2n) is 8.52. The Bertz CT molecular complexity index is 1040. The number of hydrogen-bond acceptors (Lipinski definition) is 9. The van der Waals surface area contributed by atoms with E-state index in [1.54, 1.807) is 6.20 Å². The normalized spacial score (nSPS) is 9.87. The molecule has 0 saturated carbocycles. The van der Waals surface area contributed by atoms with Crippen LogP contribution in [0.5, 0.6) is 5.75 Å². The van der Waals surface area contributed by atoms with Crippen molar-refractivity contribution in [2.45, 2.75) is 40.4 Å². The van der Waals surface area contributed by atoms with E-state index < -0.39 is 23.1 Å². The number of carbonyl (C=O) groups excluding carboxylic acids is 1. The van der Waals surface area contributed by atoms with Crippen LogP contribution in [-0.2, 0) is 12.7 Å². The summed E-state index contributed by atoms with van der Waals surface area (Å²) in [7, 11) is 7.43. The number of rotatable bonds is 5. The minimum absolute atomic E-state index is 0.0149. The Labute approximate surface area is 227 Å². The van der Waals surface area contributed by atoms with Crippen molar-refractivity contribution in [1.29, 1.82) is 0 Å². The van der Waals surface area contributed by atoms with Crippen molar-refractivity contribution in [3.63, 3.8) is 0 Å². The number of phenolic OH excluding ortho intramolecular Hbond substituents is 1. The number of terminal acetylenes is 1. The van der Waals surface area contributed by atoms with Gasteiger partial charge in [-0.1, -0.05) is 20.8 Å². The molecule has 0 spiro atoms. The summed E-state index contributed by atoms with van der Waals surface area (Å²) in [5, 5.41) is 14.9. The van der Waals surface area contributed by atoms with E-state index in [1.807, 2.05) is 45.1 Å². The van der Waals surface area contributed by atoms with Crippen LogP contribution >= 0.6 is 11.7 Å². The number of aromatic hydroxyl groups is 1. The molecule has 38 heavy (non-hydrogen) atoms. The molecule has 2 aromatic heterocycles. The fourth-order valence-electron chi connectivity index (χ4n) is 2.18. The lowest BCUT2D eigenvalue weighted by atomic mass is 10.1. The van der Waals surface area contributed by atoms with Gasteiger partial charge in [0.15, 0.2) is 12.1 Å². The van der Waals surface area contributed by atoms with Crippen molar-refractivity contribution in [2.24, 2.45) is 5.92 Å². The molecule has 3 aromatic rings. The van der Waals surface area contributed by atoms with Crippen LogP contribution in [0.1, 0.15) is 48.2 Å². The summed E-state index contributed by atoms with van der Waals surface area (Å²) in [5.41, 5.74) is -1.83. The van der Waals surface area contributed by atoms with E-state index in [9.17, 15) is 23.1 Å². The summed E-state index contributed by atoms with van der Waals surface area (Å²) < 4.78 is 50.3. The van der Waals surface area contributed by atoms with E-state index in [0.29, 0.717) is 6.54 Å². The van der Waals surface area contributed by atoms with E-state index >= 15 is 0 Å². The first-order chi connectivity index (χ1) is 17.7. The zero-order valence-corrected chi connectivity index (χ0v) is 23.9. The van der Waals surface area contributed by atoms with Gasteiger partial charge in [-0.25, -0.2) is 0 Å². The number of aryl methyl sites for hydroxylation is 1. The highest BCUT2D eigenvalue weighted by atomic mass is 32.1. The number of carbonyl (C=O) groups is 1. The van der Waals surface area contributed by atoms with Gasteiger partial charge in [0.2, 0.25) is 0 Å². The second kappa shape index (κ2) is 19.5. The Balaban J connectivity index is 0. The third-order valence-corrected chi connectivity index (χ3v) is 3.99. The van der Waals surface area contributed by atoms with Gasteiger partial charge in [0.05, 0.1) is 41.3 Å². The Morgan fingerprint density at radius 2 is 1.71 bits per heavy atom. The molecule has 0 aliphatic heterocycles. The molecule has 12 heteroatoms. The Morgan fingerprint density at radius 1 is 1.16 bits per heavy atom. The highest BCUT2D eigenvalue weighted by Gasteiger charge is 2.35. The monoisotopic (exact) mass is 557 g/mol. The minimum Gasteiger partial charge on any atom is -0.505 e. The highest BCUT2D eigenvalue weighted by molar-refractivity contribution is 6.99. The van der Waals surface area contributed by atoms with Gasteiger partial charge >= 0.3 is 6.18 Å². The van der Waals surface area contributed by atoms with E-state index in [-0.39, 0.29) is 12.0 Å². The molecular weight excluding hydrogens is 519 g/mol. The standard InChI is InChI=1S/C9H8F3NO2.C8H9N3OS.C4H10.C3H9N.C2H2/c1-13-7-3-2-6(9(10,11)12)5(4-14)8(7)15;1-6-2-3-7(12-6)4-9-8-5-10-13-11-8;2*1-4(2)3;1-2/h2-4,13,15H,1H3;2-3,5H,4H2,1H3,(H,9,11);4H,1-3H3;1-3H3;1-2H. The van der Waals surface area contributed by atoms with Gasteiger partial charge in [-0.05, 0) is 58.3 Å². The topological polar surface area (TPSA) is 104 Å². The fourth-order valence-corrected chi connectivity index (χ4v) is 2.57. The van der Waals surface area contributed by atoms with Gasteiger partial charge in [-0.2, -0.15) is 21.9 Å². The molecule has 0 aliphatic rings. The number of anilines is 2. The number of benzene rings is 1. The molecule has 0 saturated heterocycles. The maximum absolute atomic E-state index is 12.4. The Morgan fingerprint density at radius 3 is 2.08 bits per heavy atom. The molecule has 0 radical (unpaired) electrons. The largest absolute Gasteiger partial charge is 0.505 e. The molecule has 212 valence electrons. The average Bonchev–Trinajstić information content (AvgIpc) is 3.49. The molecule has 3 rings (SSSR count). The molecular formula is C26H38F3N5O3S. The minimum atomic E-state index is -4.65. The number of aromatic nitrogens is 2. The number of aldehydes is 1. The van der Waals surface area contributed by atoms with E-state index in [1.165, 1.54) is 18.8 Å². The average molecular weight is 558 g/mol. The first-order valence-electron chi connectivity index (χ1n) is 11.3. The molecule has 0 fully saturated rings. The van der Waals surface area contributed by atoms with Crippen LogP contribution in [0.25, 0.3) is 0 Å². The van der Waals surface area contributed by atoms with Crippen molar-refractivity contribution < 1.29 is 27.5 Å². The van der Waals surface area contributed by atoms with Crippen molar-refractivity contribution in [3.05, 3.63) is 53.1 Å². The number of nitrogens with one attached hydrogen (secondary N) is 2. The van der Waals surface area contributed by atoms with Gasteiger partial charge < -0.3 is 25.1 Å². The Kier molecular flexibility index (Phi) is 18.8. The molecule has 8 nitrogen and oxygen atoms in total. The van der Waals surface area contributed by atoms with Crippen molar-refractivity contribution in [3.8, 4) is 18.6 Å². The van der Waals surface area contributed by atoms with Crippen molar-refractivity contribution >= 4 is 29.5 Å². The number of alkyl halides is 3. The molecule has 0 unspecified atom stereocenters. The summed E-state index contributed by atoms with van der Waals surface area (Å²) in [5.74, 6) is 2.76. The number of furan rings is 1. The molecule has 2 heterocycles. The van der Waals surface area contributed by atoms with Gasteiger partial charge in [0.1, 0.15) is 17.3 Å². The van der Waals surface area contributed by atoms with Crippen molar-refractivity contribution in [2.75, 3.05) is 38.8 Å². The van der Waals surface area contributed by atoms with Crippen LogP contribution in [0.4, 0.5) is 24.7 Å². The van der Waals surface area contributed by atoms with Crippen LogP contribution in [0.2, 0.25) is 0 Å². The van der Waals surface area contributed by atoms with Gasteiger partial charge in [0.25, 0.3) is 0 Å². The molecule has 0 bridgehead atoms. The van der Waals surface area contributed by atoms with Crippen LogP contribution < -0.4 is 10.6 Å². The fraction of sp³-hybridized carbons (Fsp3) is 0.423. The van der Waals surface area contributed by atoms with Gasteiger partial charge in [-0.15, -0.1) is 12.8 Å². The van der Waals surface area contributed by atoms with Gasteiger partial charge in [-0.3, -0.25) is 4.79 Å². The second-order valence-corrected chi connectivity index (χ2v) is 9.08. The number of halogens is 3. The SMILES string of the molecule is C#C.CC(C)C.CN(C)C.CNc1ccc(C(F)(F)F)c(C=O)c1O.Cc1ccc(CNc2cnsn2)o1. The summed E-state index contributed by atoms with van der Waals surface area (Å²) in [6.45, 7) is 9.08. The summed E-state index contributed by atoms with van der Waals surface area (Å²) in [6.07, 6.45) is 5.03. The van der Waals surface area contributed by atoms with Crippen LogP contribution in [0.3, 0.4) is 0 Å². The maximum Gasteiger partial charge on any atom is 0.417 e. The van der Waals surface area contributed by atoms with Crippen LogP contribution in [0, 0.1) is 25.7 Å². The van der Waals surface area contributed by atoms with E-state index in [2.05, 4.69) is 53.0 Å². The summed E-state index contributed by atoms with van der Waals surface area (Å²) in [6, 6.07) is 5.69. The maximum atomic E-state index is 12.4. The number of hydrogen-bond donors (Lipinski definition) is 3. The molecule has 0 aliphatic carbocycles. The first kappa shape index (κ1) is 36.6. The zero-order chi connectivity index (χ0) is 29.9. The molecule has 0 amide bonds. The third-order valence-electron chi connectivity index (χ3n) is 3.51. The first-order valence-corrected chi connectivity index (χ1v) is 12.0. The molecule has 0 atom stereocenters. The molecule has 1 aromatic carbocycles. The zero-order valence-electron chi connectivity index (χ0n) is 23.1. The lowest BCUT2D eigenvalue weighted by Gasteiger charge is -2.12. The van der Waals surface area contributed by atoms with Crippen molar-refractivity contribution in [1.82, 2.24) is 13.6 Å². The predicted octanol–water partition coefficient (Wildman–Crippen LogP) is 6.41. The number of phenols is 1. The third kappa shape index (κ3) is 16.2. The highest BCUT2D eigenvalue weighted by Crippen LogP contribution is 2.38. The van der Waals surface area contributed by atoms with E-state index in [0.717, 1.165) is 35.4 Å². The smallest absolute Gasteiger partial charge is 0.417 e. The Hall–Kier alpha value is -3.56. The number of nitrogens with zero attached hydrogens (tertiary/aromatic N) is 3. The van der Waals surface area contributed by atoms with Crippen LogP contribution in [-0.4, -0.2) is 53.2 Å². The molecule has 3 N–H and O–H groups in total. The summed E-state index contributed by atoms with van der Waals surface area (Å²) >= 11 is 1.19. The lowest BCUT2D eigenvalue weighted by Crippen LogP contribution is -2.09.